The third-order valence-electron chi connectivity index (χ3n) is 0.991. The van der Waals surface area contributed by atoms with E-state index >= 15 is 0 Å². The lowest BCUT2D eigenvalue weighted by molar-refractivity contribution is 0.109. The van der Waals surface area contributed by atoms with Crippen molar-refractivity contribution in [1.29, 1.82) is 0 Å². The van der Waals surface area contributed by atoms with Gasteiger partial charge < -0.3 is 0 Å². The molecule has 0 atom stereocenters. The number of H-pyrrole nitrogens is 1. The molecule has 1 aromatic heterocycles. The Morgan fingerprint density at radius 1 is 1.36 bits per heavy atom. The maximum absolute atomic E-state index is 10.7. The molecule has 0 saturated carbocycles. The van der Waals surface area contributed by atoms with Crippen LogP contribution in [0.5, 0.6) is 0 Å². The summed E-state index contributed by atoms with van der Waals surface area (Å²) in [6.45, 7) is 0. The van der Waals surface area contributed by atoms with Gasteiger partial charge in [-0.2, -0.15) is 5.10 Å². The van der Waals surface area contributed by atoms with Crippen LogP contribution >= 0.6 is 45.2 Å². The van der Waals surface area contributed by atoms with Crippen molar-refractivity contribution in [2.75, 3.05) is 0 Å². The summed E-state index contributed by atoms with van der Waals surface area (Å²) in [7, 11) is 0. The van der Waals surface area contributed by atoms with Crippen LogP contribution < -0.4 is 0 Å². The quantitative estimate of drug-likeness (QED) is 0.630. The molecule has 1 N–H and O–H groups in total. The highest BCUT2D eigenvalue weighted by atomic mass is 127. The molecule has 0 unspecified atom stereocenters. The largest absolute Gasteiger partial charge is 0.280 e. The maximum atomic E-state index is 10.7. The van der Waals surface area contributed by atoms with E-state index in [4.69, 9.17) is 0 Å². The molecule has 0 aromatic carbocycles. The van der Waals surface area contributed by atoms with Gasteiger partial charge in [0.15, 0.2) is 0 Å². The van der Waals surface area contributed by atoms with E-state index < -0.39 is 0 Å². The van der Waals surface area contributed by atoms with Gasteiger partial charge in [0, 0.05) is 45.2 Å². The number of aromatic nitrogens is 2. The van der Waals surface area contributed by atoms with E-state index in [0.29, 0.717) is 5.69 Å². The molecule has 1 rings (SSSR count). The molecule has 0 amide bonds. The second-order valence-corrected chi connectivity index (χ2v) is 3.67. The van der Waals surface area contributed by atoms with Crippen LogP contribution in [0, 0.1) is 0 Å². The van der Waals surface area contributed by atoms with Gasteiger partial charge in [0.2, 0.25) is 7.58 Å². The summed E-state index contributed by atoms with van der Waals surface area (Å²) in [5.74, 6) is 0. The summed E-state index contributed by atoms with van der Waals surface area (Å²) in [5.41, 5.74) is 0.635. The zero-order valence-corrected chi connectivity index (χ0v) is 9.41. The minimum absolute atomic E-state index is 0.154. The number of hydrogen-bond donors (Lipinski definition) is 1. The first-order chi connectivity index (χ1) is 5.11. The number of carbonyl (C=O) groups is 2. The van der Waals surface area contributed by atoms with E-state index in [1.54, 1.807) is 45.2 Å². The zero-order chi connectivity index (χ0) is 8.43. The summed E-state index contributed by atoms with van der Waals surface area (Å²) in [4.78, 5) is 21.4. The van der Waals surface area contributed by atoms with Crippen molar-refractivity contribution in [1.82, 2.24) is 10.2 Å². The Bertz CT molecular complexity index is 279. The van der Waals surface area contributed by atoms with Crippen LogP contribution in [0.1, 0.15) is 21.0 Å². The van der Waals surface area contributed by atoms with Gasteiger partial charge in [0.05, 0.1) is 0 Å². The smallest absolute Gasteiger partial charge is 0.242 e. The predicted octanol–water partition coefficient (Wildman–Crippen LogP) is 1.56. The fourth-order valence-corrected chi connectivity index (χ4v) is 1.08. The molecular weight excluding hydrogens is 374 g/mol. The van der Waals surface area contributed by atoms with Crippen molar-refractivity contribution in [2.24, 2.45) is 0 Å². The standard InChI is InChI=1S/C5H2I2N2O2/c6-4(10)2-1-3(5(7)11)9-8-2/h1H,(H,8,9). The van der Waals surface area contributed by atoms with Gasteiger partial charge in [-0.1, -0.05) is 0 Å². The van der Waals surface area contributed by atoms with Crippen LogP contribution in [0.2, 0.25) is 0 Å². The highest BCUT2D eigenvalue weighted by Crippen LogP contribution is 2.07. The van der Waals surface area contributed by atoms with E-state index in [2.05, 4.69) is 10.2 Å². The first kappa shape index (κ1) is 9.10. The van der Waals surface area contributed by atoms with Crippen LogP contribution in [0.3, 0.4) is 0 Å². The fourth-order valence-electron chi connectivity index (χ4n) is 0.523. The Hall–Kier alpha value is 0.01000. The van der Waals surface area contributed by atoms with Crippen LogP contribution in [0.25, 0.3) is 0 Å². The van der Waals surface area contributed by atoms with Crippen molar-refractivity contribution in [3.63, 3.8) is 0 Å². The summed E-state index contributed by atoms with van der Waals surface area (Å²) in [6.07, 6.45) is 0. The number of hydrogen-bond acceptors (Lipinski definition) is 3. The van der Waals surface area contributed by atoms with Crippen LogP contribution in [-0.4, -0.2) is 17.8 Å². The lowest BCUT2D eigenvalue weighted by atomic mass is 10.4. The SMILES string of the molecule is O=C(I)c1cc(C(=O)I)[nH]n1. The molecule has 1 aromatic rings. The van der Waals surface area contributed by atoms with Crippen molar-refractivity contribution in [3.8, 4) is 0 Å². The summed E-state index contributed by atoms with van der Waals surface area (Å²) >= 11 is 3.23. The molecule has 0 bridgehead atoms. The van der Waals surface area contributed by atoms with Crippen LogP contribution in [-0.2, 0) is 0 Å². The number of nitrogens with one attached hydrogen (secondary N) is 1. The fraction of sp³-hybridized carbons (Fsp3) is 0. The van der Waals surface area contributed by atoms with Gasteiger partial charge in [-0.3, -0.25) is 14.7 Å². The molecule has 1 heterocycles. The predicted molar refractivity (Wildman–Crippen MR) is 55.3 cm³/mol. The number of aromatic amines is 1. The van der Waals surface area contributed by atoms with Crippen LogP contribution in [0.4, 0.5) is 0 Å². The second kappa shape index (κ2) is 3.61. The minimum atomic E-state index is -0.178. The topological polar surface area (TPSA) is 62.8 Å². The Kier molecular flexibility index (Phi) is 2.98. The molecule has 0 fully saturated rings. The van der Waals surface area contributed by atoms with Crippen molar-refractivity contribution in [3.05, 3.63) is 17.5 Å². The molecule has 0 aliphatic carbocycles. The molecule has 0 saturated heterocycles. The van der Waals surface area contributed by atoms with Crippen molar-refractivity contribution >= 4 is 52.8 Å². The van der Waals surface area contributed by atoms with E-state index in [1.165, 1.54) is 6.07 Å². The third-order valence-corrected chi connectivity index (χ3v) is 2.12. The molecule has 58 valence electrons. The Balaban J connectivity index is 2.99. The molecule has 0 spiro atoms. The van der Waals surface area contributed by atoms with Crippen LogP contribution in [0.15, 0.2) is 6.07 Å². The van der Waals surface area contributed by atoms with E-state index in [1.807, 2.05) is 0 Å². The van der Waals surface area contributed by atoms with E-state index in [-0.39, 0.29) is 13.3 Å². The number of halogens is 2. The lowest BCUT2D eigenvalue weighted by Crippen LogP contribution is -1.85. The second-order valence-electron chi connectivity index (χ2n) is 1.71. The van der Waals surface area contributed by atoms with Gasteiger partial charge >= 0.3 is 0 Å². The Morgan fingerprint density at radius 2 is 2.00 bits per heavy atom. The molecule has 4 nitrogen and oxygen atoms in total. The first-order valence-electron chi connectivity index (χ1n) is 2.56. The van der Waals surface area contributed by atoms with Gasteiger partial charge in [0.25, 0.3) is 0 Å². The minimum Gasteiger partial charge on any atom is -0.280 e. The van der Waals surface area contributed by atoms with Gasteiger partial charge in [-0.15, -0.1) is 0 Å². The molecule has 0 radical (unpaired) electrons. The van der Waals surface area contributed by atoms with Crippen molar-refractivity contribution in [2.45, 2.75) is 0 Å². The number of rotatable bonds is 2. The third kappa shape index (κ3) is 2.22. The average Bonchev–Trinajstić information content (AvgIpc) is 2.33. The highest BCUT2D eigenvalue weighted by Gasteiger charge is 2.09. The Labute approximate surface area is 89.4 Å². The van der Waals surface area contributed by atoms with Crippen molar-refractivity contribution < 1.29 is 9.59 Å². The number of nitrogens with zero attached hydrogens (tertiary/aromatic N) is 1. The first-order valence-corrected chi connectivity index (χ1v) is 4.72. The normalized spacial score (nSPS) is 9.64. The molecule has 6 heteroatoms. The van der Waals surface area contributed by atoms with E-state index in [9.17, 15) is 9.59 Å². The molecule has 0 aliphatic rings. The average molecular weight is 376 g/mol. The van der Waals surface area contributed by atoms with Gasteiger partial charge in [-0.05, 0) is 6.07 Å². The molecule has 11 heavy (non-hydrogen) atoms. The number of carbonyl (C=O) groups excluding carboxylic acids is 2. The Morgan fingerprint density at radius 3 is 2.27 bits per heavy atom. The summed E-state index contributed by atoms with van der Waals surface area (Å²) in [6, 6.07) is 1.43. The van der Waals surface area contributed by atoms with Gasteiger partial charge in [-0.25, -0.2) is 0 Å². The molecule has 0 aliphatic heterocycles. The monoisotopic (exact) mass is 376 g/mol. The highest BCUT2D eigenvalue weighted by molar-refractivity contribution is 14.1. The zero-order valence-electron chi connectivity index (χ0n) is 5.10. The lowest BCUT2D eigenvalue weighted by Gasteiger charge is -1.79. The van der Waals surface area contributed by atoms with Gasteiger partial charge in [0.1, 0.15) is 11.4 Å². The maximum Gasteiger partial charge on any atom is 0.242 e. The molecular formula is C5H2I2N2O2. The van der Waals surface area contributed by atoms with E-state index in [0.717, 1.165) is 0 Å². The summed E-state index contributed by atoms with van der Waals surface area (Å²) in [5, 5.41) is 6.08. The summed E-state index contributed by atoms with van der Waals surface area (Å²) < 4.78 is -0.332.